The van der Waals surface area contributed by atoms with E-state index >= 15 is 0 Å². The number of rotatable bonds is 10. The van der Waals surface area contributed by atoms with E-state index in [1.807, 2.05) is 43.1 Å². The van der Waals surface area contributed by atoms with E-state index in [4.69, 9.17) is 9.47 Å². The predicted octanol–water partition coefficient (Wildman–Crippen LogP) is 7.37. The number of hydrogen-bond acceptors (Lipinski definition) is 5. The standard InChI is InChI=1S/C39H49N3O3/c1-4-45-36-7-5-6-32(21-36)33-8-9-34(37(22-33)44-3)26-41-14-16-42(17-15-41)35-12-10-31(11-13-35)38(43)40(2)27-39-23-28-18-29(24-39)20-30(19-28)25-39/h5-13,21-22,28-30H,4,14-20,23-27H2,1-3H3. The Labute approximate surface area is 269 Å². The van der Waals surface area contributed by atoms with Crippen LogP contribution in [0.3, 0.4) is 0 Å². The molecular formula is C39H49N3O3. The van der Waals surface area contributed by atoms with Crippen molar-refractivity contribution >= 4 is 11.6 Å². The Kier molecular flexibility index (Phi) is 8.52. The first-order valence-electron chi connectivity index (χ1n) is 17.1. The molecule has 0 atom stereocenters. The van der Waals surface area contributed by atoms with E-state index in [0.717, 1.165) is 85.2 Å². The van der Waals surface area contributed by atoms with Crippen LogP contribution in [-0.2, 0) is 6.54 Å². The Bertz CT molecular complexity index is 1460. The quantitative estimate of drug-likeness (QED) is 0.241. The molecule has 0 unspecified atom stereocenters. The van der Waals surface area contributed by atoms with E-state index in [-0.39, 0.29) is 5.91 Å². The van der Waals surface area contributed by atoms with E-state index < -0.39 is 0 Å². The molecule has 3 aromatic rings. The van der Waals surface area contributed by atoms with Crippen molar-refractivity contribution in [3.05, 3.63) is 77.9 Å². The van der Waals surface area contributed by atoms with Gasteiger partial charge < -0.3 is 19.3 Å². The highest BCUT2D eigenvalue weighted by atomic mass is 16.5. The van der Waals surface area contributed by atoms with Crippen LogP contribution in [0.1, 0.15) is 61.4 Å². The number of anilines is 1. The van der Waals surface area contributed by atoms with E-state index in [9.17, 15) is 4.79 Å². The molecular weight excluding hydrogens is 558 g/mol. The van der Waals surface area contributed by atoms with Crippen LogP contribution < -0.4 is 14.4 Å². The van der Waals surface area contributed by atoms with Crippen LogP contribution in [0.4, 0.5) is 5.69 Å². The van der Waals surface area contributed by atoms with Crippen LogP contribution in [0.15, 0.2) is 66.7 Å². The highest BCUT2D eigenvalue weighted by Crippen LogP contribution is 2.60. The van der Waals surface area contributed by atoms with Crippen molar-refractivity contribution < 1.29 is 14.3 Å². The van der Waals surface area contributed by atoms with Gasteiger partial charge in [-0.25, -0.2) is 0 Å². The lowest BCUT2D eigenvalue weighted by Gasteiger charge is -2.57. The van der Waals surface area contributed by atoms with Crippen LogP contribution >= 0.6 is 0 Å². The molecule has 5 fully saturated rings. The molecule has 0 N–H and O–H groups in total. The zero-order valence-electron chi connectivity index (χ0n) is 27.3. The summed E-state index contributed by atoms with van der Waals surface area (Å²) in [5.41, 5.74) is 5.84. The summed E-state index contributed by atoms with van der Waals surface area (Å²) >= 11 is 0. The lowest BCUT2D eigenvalue weighted by atomic mass is 9.49. The van der Waals surface area contributed by atoms with Crippen molar-refractivity contribution in [3.8, 4) is 22.6 Å². The van der Waals surface area contributed by atoms with E-state index in [0.29, 0.717) is 12.0 Å². The van der Waals surface area contributed by atoms with Crippen LogP contribution in [0.5, 0.6) is 11.5 Å². The smallest absolute Gasteiger partial charge is 0.253 e. The van der Waals surface area contributed by atoms with Gasteiger partial charge in [-0.1, -0.05) is 24.3 Å². The van der Waals surface area contributed by atoms with E-state index in [2.05, 4.69) is 52.3 Å². The van der Waals surface area contributed by atoms with E-state index in [1.165, 1.54) is 49.8 Å². The summed E-state index contributed by atoms with van der Waals surface area (Å²) in [5.74, 6) is 4.72. The minimum Gasteiger partial charge on any atom is -0.496 e. The largest absolute Gasteiger partial charge is 0.496 e. The van der Waals surface area contributed by atoms with Gasteiger partial charge in [0.1, 0.15) is 11.5 Å². The summed E-state index contributed by atoms with van der Waals surface area (Å²) in [7, 11) is 3.78. The van der Waals surface area contributed by atoms with Crippen molar-refractivity contribution in [3.63, 3.8) is 0 Å². The maximum absolute atomic E-state index is 13.5. The SMILES string of the molecule is CCOc1cccc(-c2ccc(CN3CCN(c4ccc(C(=O)N(C)CC56CC7CC(CC(C7)C5)C6)cc4)CC3)c(OC)c2)c1. The molecule has 1 saturated heterocycles. The van der Waals surface area contributed by atoms with Gasteiger partial charge in [-0.05, 0) is 122 Å². The molecule has 1 heterocycles. The summed E-state index contributed by atoms with van der Waals surface area (Å²) in [6.07, 6.45) is 8.34. The highest BCUT2D eigenvalue weighted by molar-refractivity contribution is 5.94. The van der Waals surface area contributed by atoms with Crippen molar-refractivity contribution in [1.29, 1.82) is 0 Å². The molecule has 6 heteroatoms. The van der Waals surface area contributed by atoms with Crippen molar-refractivity contribution in [2.75, 3.05) is 58.4 Å². The van der Waals surface area contributed by atoms with Gasteiger partial charge in [-0.3, -0.25) is 9.69 Å². The molecule has 0 aromatic heterocycles. The predicted molar refractivity (Wildman–Crippen MR) is 181 cm³/mol. The van der Waals surface area contributed by atoms with Crippen LogP contribution in [0, 0.1) is 23.2 Å². The van der Waals surface area contributed by atoms with Crippen LogP contribution in [0.25, 0.3) is 11.1 Å². The number of ether oxygens (including phenoxy) is 2. The second-order valence-electron chi connectivity index (χ2n) is 14.4. The Hall–Kier alpha value is -3.51. The number of amides is 1. The molecule has 4 bridgehead atoms. The molecule has 1 aliphatic heterocycles. The van der Waals surface area contributed by atoms with Gasteiger partial charge in [0.15, 0.2) is 0 Å². The van der Waals surface area contributed by atoms with Gasteiger partial charge in [-0.2, -0.15) is 0 Å². The molecule has 5 aliphatic rings. The lowest BCUT2D eigenvalue weighted by molar-refractivity contribution is -0.0629. The lowest BCUT2D eigenvalue weighted by Crippen LogP contribution is -2.51. The third-order valence-electron chi connectivity index (χ3n) is 11.1. The molecule has 4 saturated carbocycles. The summed E-state index contributed by atoms with van der Waals surface area (Å²) in [6, 6.07) is 23.1. The fourth-order valence-corrected chi connectivity index (χ4v) is 9.49. The molecule has 3 aromatic carbocycles. The second-order valence-corrected chi connectivity index (χ2v) is 14.4. The third-order valence-corrected chi connectivity index (χ3v) is 11.1. The topological polar surface area (TPSA) is 45.2 Å². The van der Waals surface area contributed by atoms with Crippen molar-refractivity contribution in [2.45, 2.75) is 52.0 Å². The molecule has 6 nitrogen and oxygen atoms in total. The summed E-state index contributed by atoms with van der Waals surface area (Å²) < 4.78 is 11.5. The molecule has 8 rings (SSSR count). The van der Waals surface area contributed by atoms with Gasteiger partial charge in [0.25, 0.3) is 5.91 Å². The molecule has 0 radical (unpaired) electrons. The fourth-order valence-electron chi connectivity index (χ4n) is 9.49. The molecule has 0 spiro atoms. The first-order chi connectivity index (χ1) is 21.9. The van der Waals surface area contributed by atoms with Gasteiger partial charge >= 0.3 is 0 Å². The summed E-state index contributed by atoms with van der Waals surface area (Å²) in [4.78, 5) is 20.4. The Balaban J connectivity index is 0.929. The van der Waals surface area contributed by atoms with Gasteiger partial charge in [-0.15, -0.1) is 0 Å². The van der Waals surface area contributed by atoms with Crippen LogP contribution in [0.2, 0.25) is 0 Å². The first kappa shape index (κ1) is 30.2. The number of carbonyl (C=O) groups excluding carboxylic acids is 1. The number of hydrogen-bond donors (Lipinski definition) is 0. The van der Waals surface area contributed by atoms with Gasteiger partial charge in [0.05, 0.1) is 13.7 Å². The second kappa shape index (κ2) is 12.7. The third kappa shape index (κ3) is 6.44. The normalized spacial score (nSPS) is 25.8. The average Bonchev–Trinajstić information content (AvgIpc) is 3.04. The number of carbonyl (C=O) groups is 1. The fraction of sp³-hybridized carbons (Fsp3) is 0.513. The minimum atomic E-state index is 0.170. The average molecular weight is 608 g/mol. The van der Waals surface area contributed by atoms with Crippen molar-refractivity contribution in [2.24, 2.45) is 23.2 Å². The molecule has 1 amide bonds. The molecule has 4 aliphatic carbocycles. The van der Waals surface area contributed by atoms with Crippen LogP contribution in [-0.4, -0.2) is 69.2 Å². The van der Waals surface area contributed by atoms with Crippen molar-refractivity contribution in [1.82, 2.24) is 9.80 Å². The molecule has 238 valence electrons. The number of piperazine rings is 1. The maximum Gasteiger partial charge on any atom is 0.253 e. The Morgan fingerprint density at radius 2 is 1.53 bits per heavy atom. The zero-order chi connectivity index (χ0) is 31.0. The maximum atomic E-state index is 13.5. The number of nitrogens with zero attached hydrogens (tertiary/aromatic N) is 3. The zero-order valence-corrected chi connectivity index (χ0v) is 27.3. The highest BCUT2D eigenvalue weighted by Gasteiger charge is 2.51. The summed E-state index contributed by atoms with van der Waals surface area (Å²) in [5, 5.41) is 0. The van der Waals surface area contributed by atoms with E-state index in [1.54, 1.807) is 7.11 Å². The molecule has 45 heavy (non-hydrogen) atoms. The number of benzene rings is 3. The Morgan fingerprint density at radius 3 is 2.18 bits per heavy atom. The monoisotopic (exact) mass is 607 g/mol. The minimum absolute atomic E-state index is 0.170. The van der Waals surface area contributed by atoms with Gasteiger partial charge in [0, 0.05) is 63.1 Å². The first-order valence-corrected chi connectivity index (χ1v) is 17.1. The summed E-state index contributed by atoms with van der Waals surface area (Å²) in [6.45, 7) is 8.33. The Morgan fingerprint density at radius 1 is 0.867 bits per heavy atom. The number of methoxy groups -OCH3 is 1. The van der Waals surface area contributed by atoms with Gasteiger partial charge in [0.2, 0.25) is 0 Å².